The number of rotatable bonds is 23. The molecule has 3 unspecified atom stereocenters. The number of anilines is 1. The molecule has 1 amide bonds. The van der Waals surface area contributed by atoms with Crippen LogP contribution in [0.25, 0.3) is 22.4 Å². The number of para-hydroxylation sites is 1. The van der Waals surface area contributed by atoms with Gasteiger partial charge in [-0.1, -0.05) is 62.4 Å². The quantitative estimate of drug-likeness (QED) is 0.0278. The summed E-state index contributed by atoms with van der Waals surface area (Å²) in [5.41, 5.74) is 4.50. The van der Waals surface area contributed by atoms with Crippen molar-refractivity contribution in [3.05, 3.63) is 102 Å². The third kappa shape index (κ3) is 13.5. The lowest BCUT2D eigenvalue weighted by Gasteiger charge is -2.20. The van der Waals surface area contributed by atoms with Crippen molar-refractivity contribution in [3.63, 3.8) is 0 Å². The maximum atomic E-state index is 14.2. The van der Waals surface area contributed by atoms with Gasteiger partial charge in [0, 0.05) is 29.9 Å². The van der Waals surface area contributed by atoms with Crippen molar-refractivity contribution in [2.45, 2.75) is 70.3 Å². The molecule has 56 heavy (non-hydrogen) atoms. The third-order valence-corrected chi connectivity index (χ3v) is 8.61. The lowest BCUT2D eigenvalue weighted by molar-refractivity contribution is -0.511. The summed E-state index contributed by atoms with van der Waals surface area (Å²) < 4.78 is 26.6. The maximum absolute atomic E-state index is 14.2. The Labute approximate surface area is 323 Å². The fourth-order valence-corrected chi connectivity index (χ4v) is 6.25. The van der Waals surface area contributed by atoms with Crippen LogP contribution in [0.15, 0.2) is 84.9 Å². The van der Waals surface area contributed by atoms with E-state index in [1.54, 1.807) is 24.3 Å². The summed E-state index contributed by atoms with van der Waals surface area (Å²) in [5, 5.41) is 58.7. The molecule has 0 radical (unpaired) electrons. The first-order valence-electron chi connectivity index (χ1n) is 18.0. The first-order chi connectivity index (χ1) is 26.8. The Morgan fingerprint density at radius 2 is 1.46 bits per heavy atom. The van der Waals surface area contributed by atoms with E-state index in [-0.39, 0.29) is 64.1 Å². The van der Waals surface area contributed by atoms with Crippen molar-refractivity contribution in [3.8, 4) is 22.4 Å². The molecule has 16 nitrogen and oxygen atoms in total. The molecule has 17 heteroatoms. The number of benzene rings is 3. The Morgan fingerprint density at radius 3 is 2.09 bits per heavy atom. The number of hydrogen-bond donors (Lipinski definition) is 7. The van der Waals surface area contributed by atoms with E-state index in [2.05, 4.69) is 15.0 Å². The molecule has 0 aliphatic rings. The van der Waals surface area contributed by atoms with E-state index in [1.807, 2.05) is 66.9 Å². The molecule has 1 heterocycles. The number of halogens is 1. The first kappa shape index (κ1) is 44.1. The van der Waals surface area contributed by atoms with Crippen LogP contribution in [0.4, 0.5) is 10.1 Å². The molecule has 0 saturated heterocycles. The summed E-state index contributed by atoms with van der Waals surface area (Å²) in [6, 6.07) is 24.5. The number of nitrogens with zero attached hydrogens (tertiary/aromatic N) is 3. The van der Waals surface area contributed by atoms with Crippen LogP contribution in [-0.2, 0) is 30.5 Å². The summed E-state index contributed by atoms with van der Waals surface area (Å²) >= 11 is 0. The van der Waals surface area contributed by atoms with E-state index >= 15 is 0 Å². The molecule has 0 bridgehead atoms. The van der Waals surface area contributed by atoms with Crippen LogP contribution in [-0.4, -0.2) is 103 Å². The van der Waals surface area contributed by atoms with Crippen molar-refractivity contribution >= 4 is 17.6 Å². The lowest BCUT2D eigenvalue weighted by atomic mass is 9.94. The molecule has 3 aromatic carbocycles. The van der Waals surface area contributed by atoms with Crippen LogP contribution in [0.2, 0.25) is 0 Å². The SMILES string of the molecule is CC(C)c1c(C(=O)Nc2ccccc2)c(-c2ccccc2)c(-c2ccc(F)cc2)n1CCC(O)CC(O)CC(=O)OCCOCC(CCON(O)O)ON(O)O. The topological polar surface area (TPSA) is 216 Å². The molecule has 3 atom stereocenters. The zero-order valence-electron chi connectivity index (χ0n) is 31.1. The average molecular weight is 785 g/mol. The number of ether oxygens (including phenoxy) is 2. The third-order valence-electron chi connectivity index (χ3n) is 8.61. The van der Waals surface area contributed by atoms with Gasteiger partial charge in [-0.15, -0.1) is 0 Å². The second-order valence-electron chi connectivity index (χ2n) is 13.2. The highest BCUT2D eigenvalue weighted by Gasteiger charge is 2.31. The monoisotopic (exact) mass is 784 g/mol. The minimum atomic E-state index is -1.24. The van der Waals surface area contributed by atoms with Gasteiger partial charge in [-0.2, -0.15) is 0 Å². The standard InChI is InChI=1S/C39H49FN4O12/c1-26(2)37-36(39(48)41-30-11-7-4-8-12-30)35(27-9-5-3-6-10-27)38(28-13-15-29(40)16-14-28)42(37)19-17-31(45)23-32(46)24-34(47)54-22-21-53-25-33(56-44(51)52)18-20-55-43(49)50/h3-16,26,31-33,45-46,49-52H,17-25H2,1-2H3,(H,41,48). The van der Waals surface area contributed by atoms with E-state index in [0.717, 1.165) is 5.56 Å². The minimum Gasteiger partial charge on any atom is -0.463 e. The van der Waals surface area contributed by atoms with Crippen molar-refractivity contribution < 1.29 is 64.2 Å². The molecule has 4 rings (SSSR count). The fourth-order valence-electron chi connectivity index (χ4n) is 6.25. The Kier molecular flexibility index (Phi) is 17.5. The number of aromatic nitrogens is 1. The lowest BCUT2D eigenvalue weighted by Crippen LogP contribution is -2.31. The average Bonchev–Trinajstić information content (AvgIpc) is 3.50. The Bertz CT molecular complexity index is 1790. The van der Waals surface area contributed by atoms with E-state index < -0.39 is 47.3 Å². The zero-order valence-corrected chi connectivity index (χ0v) is 31.1. The summed E-state index contributed by atoms with van der Waals surface area (Å²) in [6.07, 6.45) is -3.74. The number of nitrogens with one attached hydrogen (secondary N) is 1. The second-order valence-corrected chi connectivity index (χ2v) is 13.2. The van der Waals surface area contributed by atoms with Crippen LogP contribution >= 0.6 is 0 Å². The normalized spacial score (nSPS) is 13.3. The van der Waals surface area contributed by atoms with Gasteiger partial charge in [0.25, 0.3) is 5.91 Å². The molecule has 0 fully saturated rings. The summed E-state index contributed by atoms with van der Waals surface area (Å²) in [5.74, 6) is -1.67. The van der Waals surface area contributed by atoms with Crippen molar-refractivity contribution in [2.24, 2.45) is 0 Å². The van der Waals surface area contributed by atoms with Crippen LogP contribution in [0.1, 0.15) is 61.5 Å². The van der Waals surface area contributed by atoms with Crippen LogP contribution in [0.5, 0.6) is 0 Å². The highest BCUT2D eigenvalue weighted by Crippen LogP contribution is 2.42. The van der Waals surface area contributed by atoms with Gasteiger partial charge in [-0.25, -0.2) is 9.23 Å². The Morgan fingerprint density at radius 1 is 0.804 bits per heavy atom. The number of hydrogen-bond acceptors (Lipinski definition) is 14. The van der Waals surface area contributed by atoms with Crippen molar-refractivity contribution in [1.82, 2.24) is 15.3 Å². The smallest absolute Gasteiger partial charge is 0.308 e. The van der Waals surface area contributed by atoms with Gasteiger partial charge >= 0.3 is 5.97 Å². The van der Waals surface area contributed by atoms with Crippen molar-refractivity contribution in [2.75, 3.05) is 31.7 Å². The molecular weight excluding hydrogens is 735 g/mol. The first-order valence-corrected chi connectivity index (χ1v) is 18.0. The molecule has 304 valence electrons. The number of carbonyl (C=O) groups is 2. The predicted octanol–water partition coefficient (Wildman–Crippen LogP) is 5.57. The van der Waals surface area contributed by atoms with E-state index in [9.17, 15) is 24.2 Å². The molecular formula is C39H49FN4O12. The van der Waals surface area contributed by atoms with Crippen LogP contribution in [0, 0.1) is 5.82 Å². The zero-order chi connectivity index (χ0) is 40.6. The predicted molar refractivity (Wildman–Crippen MR) is 198 cm³/mol. The van der Waals surface area contributed by atoms with Gasteiger partial charge in [0.2, 0.25) is 0 Å². The summed E-state index contributed by atoms with van der Waals surface area (Å²) in [7, 11) is 0. The Balaban J connectivity index is 1.46. The van der Waals surface area contributed by atoms with Gasteiger partial charge in [0.15, 0.2) is 0 Å². The summed E-state index contributed by atoms with van der Waals surface area (Å²) in [4.78, 5) is 35.7. The molecule has 0 saturated carbocycles. The van der Waals surface area contributed by atoms with Crippen LogP contribution < -0.4 is 5.32 Å². The maximum Gasteiger partial charge on any atom is 0.308 e. The molecule has 4 aromatic rings. The van der Waals surface area contributed by atoms with Gasteiger partial charge < -0.3 is 29.6 Å². The van der Waals surface area contributed by atoms with E-state index in [1.165, 1.54) is 12.1 Å². The largest absolute Gasteiger partial charge is 0.463 e. The fraction of sp³-hybridized carbons (Fsp3) is 0.385. The van der Waals surface area contributed by atoms with E-state index in [0.29, 0.717) is 33.8 Å². The number of carbonyl (C=O) groups excluding carboxylic acids is 2. The summed E-state index contributed by atoms with van der Waals surface area (Å²) in [6.45, 7) is 3.35. The molecule has 1 aromatic heterocycles. The van der Waals surface area contributed by atoms with Crippen molar-refractivity contribution in [1.29, 1.82) is 0 Å². The molecule has 0 spiro atoms. The second kappa shape index (κ2) is 22.2. The molecule has 7 N–H and O–H groups in total. The van der Waals surface area contributed by atoms with Gasteiger partial charge in [0.05, 0.1) is 60.5 Å². The van der Waals surface area contributed by atoms with Crippen LogP contribution in [0.3, 0.4) is 0 Å². The Hall–Kier alpha value is -4.63. The van der Waals surface area contributed by atoms with Gasteiger partial charge in [-0.05, 0) is 66.3 Å². The highest BCUT2D eigenvalue weighted by atomic mass is 19.1. The minimum absolute atomic E-state index is 0.0425. The highest BCUT2D eigenvalue weighted by molar-refractivity contribution is 6.12. The number of esters is 1. The number of amides is 1. The molecule has 0 aliphatic carbocycles. The van der Waals surface area contributed by atoms with Gasteiger partial charge in [0.1, 0.15) is 18.5 Å². The molecule has 0 aliphatic heterocycles. The van der Waals surface area contributed by atoms with E-state index in [4.69, 9.17) is 30.3 Å². The van der Waals surface area contributed by atoms with Gasteiger partial charge in [-0.3, -0.25) is 35.3 Å². The number of aliphatic hydroxyl groups excluding tert-OH is 2. The number of aliphatic hydroxyl groups is 2.